The van der Waals surface area contributed by atoms with Crippen LogP contribution < -0.4 is 5.32 Å². The zero-order chi connectivity index (χ0) is 22.5. The third-order valence-electron chi connectivity index (χ3n) is 4.74. The summed E-state index contributed by atoms with van der Waals surface area (Å²) in [5.41, 5.74) is 1.55. The molecule has 1 unspecified atom stereocenters. The van der Waals surface area contributed by atoms with Crippen molar-refractivity contribution < 1.29 is 8.78 Å². The lowest BCUT2D eigenvalue weighted by molar-refractivity contribution is 0.450. The Kier molecular flexibility index (Phi) is 7.09. The topological polar surface area (TPSA) is 68.5 Å². The number of pyridine rings is 1. The first-order valence-corrected chi connectivity index (χ1v) is 11.2. The summed E-state index contributed by atoms with van der Waals surface area (Å²) in [7, 11) is 0. The summed E-state index contributed by atoms with van der Waals surface area (Å²) in [6.45, 7) is 2.46. The molecule has 1 N–H and O–H groups in total. The molecule has 10 heteroatoms. The maximum Gasteiger partial charge on any atom is 0.249 e. The van der Waals surface area contributed by atoms with Crippen LogP contribution in [-0.2, 0) is 6.54 Å². The van der Waals surface area contributed by atoms with Gasteiger partial charge in [-0.3, -0.25) is 5.32 Å². The van der Waals surface area contributed by atoms with Gasteiger partial charge in [0.05, 0.1) is 16.8 Å². The minimum Gasteiger partial charge on any atom is -0.299 e. The summed E-state index contributed by atoms with van der Waals surface area (Å²) in [5.74, 6) is -1.03. The third-order valence-corrected chi connectivity index (χ3v) is 5.94. The number of para-hydroxylation sites is 1. The van der Waals surface area contributed by atoms with Gasteiger partial charge in [-0.2, -0.15) is 9.07 Å². The Morgan fingerprint density at radius 2 is 1.97 bits per heavy atom. The largest absolute Gasteiger partial charge is 0.299 e. The molecule has 32 heavy (non-hydrogen) atoms. The van der Waals surface area contributed by atoms with E-state index in [4.69, 9.17) is 11.6 Å². The molecule has 0 spiro atoms. The van der Waals surface area contributed by atoms with Gasteiger partial charge in [0.25, 0.3) is 0 Å². The highest BCUT2D eigenvalue weighted by molar-refractivity contribution is 7.99. The molecule has 164 valence electrons. The Balaban J connectivity index is 1.74. The fourth-order valence-electron chi connectivity index (χ4n) is 3.30. The van der Waals surface area contributed by atoms with E-state index in [0.717, 1.165) is 16.2 Å². The van der Waals surface area contributed by atoms with Crippen LogP contribution in [0, 0.1) is 11.8 Å². The fraction of sp³-hybridized carbons (Fsp3) is 0.182. The monoisotopic (exact) mass is 472 g/mol. The molecule has 2 aromatic carbocycles. The molecule has 1 atom stereocenters. The maximum absolute atomic E-state index is 14.8. The van der Waals surface area contributed by atoms with E-state index in [-0.39, 0.29) is 11.4 Å². The van der Waals surface area contributed by atoms with Crippen molar-refractivity contribution in [1.29, 1.82) is 0 Å². The van der Waals surface area contributed by atoms with Gasteiger partial charge in [-0.25, -0.2) is 9.37 Å². The molecular weight excluding hydrogens is 454 g/mol. The van der Waals surface area contributed by atoms with Crippen molar-refractivity contribution in [2.45, 2.75) is 24.4 Å². The van der Waals surface area contributed by atoms with Crippen LogP contribution in [0.15, 0.2) is 65.7 Å². The van der Waals surface area contributed by atoms with Crippen LogP contribution in [0.2, 0.25) is 5.02 Å². The third kappa shape index (κ3) is 4.79. The molecule has 0 amide bonds. The van der Waals surface area contributed by atoms with E-state index < -0.39 is 17.8 Å². The van der Waals surface area contributed by atoms with Gasteiger partial charge in [0, 0.05) is 23.2 Å². The molecule has 0 fully saturated rings. The van der Waals surface area contributed by atoms with E-state index in [2.05, 4.69) is 38.8 Å². The smallest absolute Gasteiger partial charge is 0.249 e. The van der Waals surface area contributed by atoms with Crippen molar-refractivity contribution in [3.8, 4) is 5.69 Å². The Hall–Kier alpha value is -2.88. The molecule has 2 aromatic heterocycles. The number of nitrogens with one attached hydrogen (secondary N) is 1. The summed E-state index contributed by atoms with van der Waals surface area (Å²) >= 11 is 8.06. The first kappa shape index (κ1) is 22.3. The van der Waals surface area contributed by atoms with E-state index in [1.54, 1.807) is 36.0 Å². The second kappa shape index (κ2) is 10.2. The van der Waals surface area contributed by atoms with Gasteiger partial charge in [-0.15, -0.1) is 16.9 Å². The fourth-order valence-corrected chi connectivity index (χ4v) is 4.25. The quantitative estimate of drug-likeness (QED) is 0.288. The minimum absolute atomic E-state index is 0.0414. The number of benzene rings is 2. The number of thioether (sulfide) groups is 1. The summed E-state index contributed by atoms with van der Waals surface area (Å²) in [5, 5.41) is 15.6. The number of rotatable bonds is 8. The van der Waals surface area contributed by atoms with Crippen LogP contribution >= 0.6 is 23.4 Å². The first-order chi connectivity index (χ1) is 15.6. The van der Waals surface area contributed by atoms with E-state index in [1.807, 2.05) is 18.2 Å². The number of hydrogen-bond donors (Lipinski definition) is 1. The molecule has 0 saturated heterocycles. The van der Waals surface area contributed by atoms with E-state index >= 15 is 0 Å². The van der Waals surface area contributed by atoms with Gasteiger partial charge in [0.15, 0.2) is 11.6 Å². The molecule has 4 aromatic rings. The summed E-state index contributed by atoms with van der Waals surface area (Å²) in [4.78, 5) is 4.53. The molecule has 0 aliphatic carbocycles. The Labute approximate surface area is 193 Å². The number of aromatic nitrogens is 5. The highest BCUT2D eigenvalue weighted by Gasteiger charge is 2.27. The van der Waals surface area contributed by atoms with Gasteiger partial charge < -0.3 is 0 Å². The summed E-state index contributed by atoms with van der Waals surface area (Å²) in [6, 6.07) is 15.6. The lowest BCUT2D eigenvalue weighted by atomic mass is 10.1. The van der Waals surface area contributed by atoms with E-state index in [0.29, 0.717) is 17.3 Å². The zero-order valence-electron chi connectivity index (χ0n) is 17.0. The van der Waals surface area contributed by atoms with Crippen LogP contribution in [0.25, 0.3) is 5.69 Å². The van der Waals surface area contributed by atoms with Crippen LogP contribution in [0.4, 0.5) is 8.78 Å². The van der Waals surface area contributed by atoms with Crippen molar-refractivity contribution in [1.82, 2.24) is 30.5 Å². The van der Waals surface area contributed by atoms with Crippen LogP contribution in [0.5, 0.6) is 0 Å². The standard InChI is InChI=1S/C22H19ClF2N6S/c1-2-32-15-7-5-6-14(12-15)13-27-20(16-10-11-26-21(25)19(16)24)22-28-29-30-31(22)18-9-4-3-8-17(18)23/h3-12,20,27H,2,13H2,1H3. The summed E-state index contributed by atoms with van der Waals surface area (Å²) < 4.78 is 30.2. The van der Waals surface area contributed by atoms with Gasteiger partial charge >= 0.3 is 0 Å². The van der Waals surface area contributed by atoms with Crippen LogP contribution in [0.1, 0.15) is 29.9 Å². The van der Waals surface area contributed by atoms with Crippen molar-refractivity contribution in [3.05, 3.63) is 94.5 Å². The number of tetrazole rings is 1. The molecule has 0 aliphatic rings. The highest BCUT2D eigenvalue weighted by Crippen LogP contribution is 2.28. The van der Waals surface area contributed by atoms with Crippen LogP contribution in [0.3, 0.4) is 0 Å². The second-order valence-corrected chi connectivity index (χ2v) is 8.54. The first-order valence-electron chi connectivity index (χ1n) is 9.86. The number of nitrogens with zero attached hydrogens (tertiary/aromatic N) is 5. The Morgan fingerprint density at radius 1 is 1.12 bits per heavy atom. The van der Waals surface area contributed by atoms with Crippen molar-refractivity contribution >= 4 is 23.4 Å². The highest BCUT2D eigenvalue weighted by atomic mass is 35.5. The lowest BCUT2D eigenvalue weighted by Crippen LogP contribution is -2.27. The molecule has 2 heterocycles. The summed E-state index contributed by atoms with van der Waals surface area (Å²) in [6.07, 6.45) is 1.21. The Morgan fingerprint density at radius 3 is 2.78 bits per heavy atom. The van der Waals surface area contributed by atoms with Crippen LogP contribution in [-0.4, -0.2) is 30.9 Å². The number of halogens is 3. The lowest BCUT2D eigenvalue weighted by Gasteiger charge is -2.20. The Bertz CT molecular complexity index is 1220. The van der Waals surface area contributed by atoms with Crippen molar-refractivity contribution in [2.24, 2.45) is 0 Å². The molecule has 6 nitrogen and oxygen atoms in total. The second-order valence-electron chi connectivity index (χ2n) is 6.80. The molecule has 0 radical (unpaired) electrons. The van der Waals surface area contributed by atoms with Gasteiger partial charge in [-0.1, -0.05) is 42.8 Å². The average molecular weight is 473 g/mol. The predicted molar refractivity (Wildman–Crippen MR) is 120 cm³/mol. The molecule has 4 rings (SSSR count). The molecule has 0 aliphatic heterocycles. The zero-order valence-corrected chi connectivity index (χ0v) is 18.6. The van der Waals surface area contributed by atoms with E-state index in [1.165, 1.54) is 16.9 Å². The van der Waals surface area contributed by atoms with Crippen molar-refractivity contribution in [3.63, 3.8) is 0 Å². The normalized spacial score (nSPS) is 12.1. The predicted octanol–water partition coefficient (Wildman–Crippen LogP) is 4.98. The van der Waals surface area contributed by atoms with Gasteiger partial charge in [-0.05, 0) is 52.1 Å². The van der Waals surface area contributed by atoms with Gasteiger partial charge in [0.2, 0.25) is 5.95 Å². The molecule has 0 saturated carbocycles. The minimum atomic E-state index is -1.19. The maximum atomic E-state index is 14.8. The number of hydrogen-bond acceptors (Lipinski definition) is 6. The molecular formula is C22H19ClF2N6S. The van der Waals surface area contributed by atoms with Gasteiger partial charge in [0.1, 0.15) is 0 Å². The molecule has 0 bridgehead atoms. The average Bonchev–Trinajstić information content (AvgIpc) is 3.27. The van der Waals surface area contributed by atoms with E-state index in [9.17, 15) is 8.78 Å². The SMILES string of the molecule is CCSc1cccc(CNC(c2ccnc(F)c2F)c2nnnn2-c2ccccc2Cl)c1. The van der Waals surface area contributed by atoms with Crippen molar-refractivity contribution in [2.75, 3.05) is 5.75 Å².